The van der Waals surface area contributed by atoms with Crippen LogP contribution in [0.2, 0.25) is 0 Å². The van der Waals surface area contributed by atoms with Gasteiger partial charge in [-0.15, -0.1) is 0 Å². The molecule has 1 aromatic heterocycles. The van der Waals surface area contributed by atoms with Gasteiger partial charge in [-0.3, -0.25) is 4.98 Å². The van der Waals surface area contributed by atoms with Crippen molar-refractivity contribution >= 4 is 16.5 Å². The summed E-state index contributed by atoms with van der Waals surface area (Å²) in [7, 11) is 0. The maximum absolute atomic E-state index is 6.01. The van der Waals surface area contributed by atoms with Crippen LogP contribution in [0, 0.1) is 6.92 Å². The first-order valence-electron chi connectivity index (χ1n) is 5.96. The molecule has 0 bridgehead atoms. The molecular weight excluding hydrogens is 220 g/mol. The largest absolute Gasteiger partial charge is 0.398 e. The van der Waals surface area contributed by atoms with E-state index in [-0.39, 0.29) is 0 Å². The molecule has 0 spiro atoms. The van der Waals surface area contributed by atoms with E-state index in [4.69, 9.17) is 5.73 Å². The Bertz CT molecular complexity index is 700. The first-order valence-corrected chi connectivity index (χ1v) is 5.96. The highest BCUT2D eigenvalue weighted by Crippen LogP contribution is 2.30. The molecule has 2 aromatic carbocycles. The van der Waals surface area contributed by atoms with Gasteiger partial charge in [0.05, 0.1) is 5.69 Å². The minimum Gasteiger partial charge on any atom is -0.398 e. The molecule has 0 atom stereocenters. The van der Waals surface area contributed by atoms with Crippen LogP contribution >= 0.6 is 0 Å². The van der Waals surface area contributed by atoms with Gasteiger partial charge in [0.15, 0.2) is 0 Å². The third-order valence-corrected chi connectivity index (χ3v) is 3.15. The Labute approximate surface area is 106 Å². The number of anilines is 1. The fraction of sp³-hybridized carbons (Fsp3) is 0.0625. The van der Waals surface area contributed by atoms with E-state index in [1.807, 2.05) is 49.5 Å². The number of fused-ring (bicyclic) bond motifs is 1. The van der Waals surface area contributed by atoms with Crippen molar-refractivity contribution in [2.24, 2.45) is 0 Å². The van der Waals surface area contributed by atoms with Gasteiger partial charge in [-0.05, 0) is 30.0 Å². The van der Waals surface area contributed by atoms with Crippen LogP contribution in [-0.2, 0) is 0 Å². The van der Waals surface area contributed by atoms with Crippen molar-refractivity contribution in [3.8, 4) is 11.3 Å². The van der Waals surface area contributed by atoms with Crippen LogP contribution in [0.5, 0.6) is 0 Å². The Morgan fingerprint density at radius 1 is 0.889 bits per heavy atom. The van der Waals surface area contributed by atoms with E-state index in [1.165, 1.54) is 5.56 Å². The number of hydrogen-bond acceptors (Lipinski definition) is 2. The van der Waals surface area contributed by atoms with Crippen LogP contribution in [0.15, 0.2) is 54.7 Å². The van der Waals surface area contributed by atoms with Crippen molar-refractivity contribution in [3.63, 3.8) is 0 Å². The minimum atomic E-state index is 0.807. The van der Waals surface area contributed by atoms with Crippen LogP contribution in [0.25, 0.3) is 22.0 Å². The molecular formula is C16H14N2. The zero-order valence-electron chi connectivity index (χ0n) is 10.2. The third kappa shape index (κ3) is 1.72. The Kier molecular flexibility index (Phi) is 2.49. The fourth-order valence-electron chi connectivity index (χ4n) is 2.17. The van der Waals surface area contributed by atoms with E-state index in [0.717, 1.165) is 27.7 Å². The Hall–Kier alpha value is -2.35. The van der Waals surface area contributed by atoms with E-state index < -0.39 is 0 Å². The number of aryl methyl sites for hydroxylation is 1. The predicted molar refractivity (Wildman–Crippen MR) is 76.3 cm³/mol. The van der Waals surface area contributed by atoms with E-state index in [9.17, 15) is 0 Å². The summed E-state index contributed by atoms with van der Waals surface area (Å²) >= 11 is 0. The van der Waals surface area contributed by atoms with Crippen LogP contribution in [-0.4, -0.2) is 4.98 Å². The van der Waals surface area contributed by atoms with Crippen molar-refractivity contribution in [1.29, 1.82) is 0 Å². The lowest BCUT2D eigenvalue weighted by molar-refractivity contribution is 1.27. The molecule has 0 radical (unpaired) electrons. The van der Waals surface area contributed by atoms with Crippen molar-refractivity contribution < 1.29 is 0 Å². The van der Waals surface area contributed by atoms with Gasteiger partial charge in [0, 0.05) is 22.8 Å². The van der Waals surface area contributed by atoms with Crippen LogP contribution in [0.4, 0.5) is 5.69 Å². The number of hydrogen-bond donors (Lipinski definition) is 1. The summed E-state index contributed by atoms with van der Waals surface area (Å²) in [5.41, 5.74) is 10.1. The first kappa shape index (κ1) is 10.8. The molecule has 0 aliphatic rings. The van der Waals surface area contributed by atoms with Gasteiger partial charge in [0.2, 0.25) is 0 Å². The van der Waals surface area contributed by atoms with E-state index >= 15 is 0 Å². The second-order valence-electron chi connectivity index (χ2n) is 4.47. The van der Waals surface area contributed by atoms with Crippen LogP contribution in [0.1, 0.15) is 5.56 Å². The third-order valence-electron chi connectivity index (χ3n) is 3.15. The highest BCUT2D eigenvalue weighted by molar-refractivity contribution is 6.02. The number of aromatic nitrogens is 1. The number of pyridine rings is 1. The predicted octanol–water partition coefficient (Wildman–Crippen LogP) is 3.79. The summed E-state index contributed by atoms with van der Waals surface area (Å²) in [5.74, 6) is 0. The standard InChI is InChI=1S/C16H14N2/c1-11-6-9-16(18-10-11)14-7-8-15(17)13-5-3-2-4-12(13)14/h2-10H,17H2,1H3. The lowest BCUT2D eigenvalue weighted by atomic mass is 10.0. The molecule has 18 heavy (non-hydrogen) atoms. The lowest BCUT2D eigenvalue weighted by Gasteiger charge is -2.08. The highest BCUT2D eigenvalue weighted by Gasteiger charge is 2.06. The van der Waals surface area contributed by atoms with E-state index in [1.54, 1.807) is 0 Å². The Morgan fingerprint density at radius 3 is 2.39 bits per heavy atom. The van der Waals surface area contributed by atoms with Gasteiger partial charge in [0.1, 0.15) is 0 Å². The Balaban J connectivity index is 2.30. The quantitative estimate of drug-likeness (QED) is 0.650. The van der Waals surface area contributed by atoms with Gasteiger partial charge < -0.3 is 5.73 Å². The lowest BCUT2D eigenvalue weighted by Crippen LogP contribution is -1.90. The highest BCUT2D eigenvalue weighted by atomic mass is 14.7. The number of rotatable bonds is 1. The zero-order chi connectivity index (χ0) is 12.5. The molecule has 0 unspecified atom stereocenters. The number of nitrogens with two attached hydrogens (primary N) is 1. The molecule has 0 aliphatic heterocycles. The summed E-state index contributed by atoms with van der Waals surface area (Å²) in [4.78, 5) is 4.49. The molecule has 0 aliphatic carbocycles. The second kappa shape index (κ2) is 4.15. The van der Waals surface area contributed by atoms with E-state index in [2.05, 4.69) is 17.1 Å². The van der Waals surface area contributed by atoms with Crippen molar-refractivity contribution in [2.75, 3.05) is 5.73 Å². The molecule has 0 fully saturated rings. The molecule has 2 nitrogen and oxygen atoms in total. The fourth-order valence-corrected chi connectivity index (χ4v) is 2.17. The topological polar surface area (TPSA) is 38.9 Å². The molecule has 0 saturated heterocycles. The van der Waals surface area contributed by atoms with Gasteiger partial charge >= 0.3 is 0 Å². The van der Waals surface area contributed by atoms with Crippen LogP contribution in [0.3, 0.4) is 0 Å². The zero-order valence-corrected chi connectivity index (χ0v) is 10.2. The molecule has 3 rings (SSSR count). The summed E-state index contributed by atoms with van der Waals surface area (Å²) in [5, 5.41) is 2.23. The number of benzene rings is 2. The van der Waals surface area contributed by atoms with Gasteiger partial charge in [0.25, 0.3) is 0 Å². The summed E-state index contributed by atoms with van der Waals surface area (Å²) in [6, 6.07) is 16.3. The van der Waals surface area contributed by atoms with Gasteiger partial charge in [-0.25, -0.2) is 0 Å². The molecule has 88 valence electrons. The summed E-state index contributed by atoms with van der Waals surface area (Å²) < 4.78 is 0. The Morgan fingerprint density at radius 2 is 1.67 bits per heavy atom. The average Bonchev–Trinajstić information content (AvgIpc) is 2.41. The summed E-state index contributed by atoms with van der Waals surface area (Å²) in [6.07, 6.45) is 1.89. The molecule has 2 heteroatoms. The van der Waals surface area contributed by atoms with Gasteiger partial charge in [-0.1, -0.05) is 36.4 Å². The molecule has 0 amide bonds. The van der Waals surface area contributed by atoms with Crippen molar-refractivity contribution in [1.82, 2.24) is 4.98 Å². The van der Waals surface area contributed by atoms with Gasteiger partial charge in [-0.2, -0.15) is 0 Å². The SMILES string of the molecule is Cc1ccc(-c2ccc(N)c3ccccc23)nc1. The molecule has 0 saturated carbocycles. The van der Waals surface area contributed by atoms with Crippen molar-refractivity contribution in [2.45, 2.75) is 6.92 Å². The second-order valence-corrected chi connectivity index (χ2v) is 4.47. The number of nitrogen functional groups attached to an aromatic ring is 1. The minimum absolute atomic E-state index is 0.807. The van der Waals surface area contributed by atoms with E-state index in [0.29, 0.717) is 0 Å². The maximum Gasteiger partial charge on any atom is 0.0708 e. The molecule has 1 heterocycles. The maximum atomic E-state index is 6.01. The van der Waals surface area contributed by atoms with Crippen LogP contribution < -0.4 is 5.73 Å². The number of nitrogens with zero attached hydrogens (tertiary/aromatic N) is 1. The first-order chi connectivity index (χ1) is 8.75. The molecule has 3 aromatic rings. The van der Waals surface area contributed by atoms with Crippen molar-refractivity contribution in [3.05, 3.63) is 60.3 Å². The molecule has 2 N–H and O–H groups in total. The summed E-state index contributed by atoms with van der Waals surface area (Å²) in [6.45, 7) is 2.04. The smallest absolute Gasteiger partial charge is 0.0708 e. The monoisotopic (exact) mass is 234 g/mol. The average molecular weight is 234 g/mol. The normalized spacial score (nSPS) is 10.7.